The molecule has 0 aliphatic heterocycles. The molecule has 0 radical (unpaired) electrons. The summed E-state index contributed by atoms with van der Waals surface area (Å²) >= 11 is 0. The fraction of sp³-hybridized carbons (Fsp3) is 0.269. The smallest absolute Gasteiger partial charge is 0.250 e. The molecule has 0 spiro atoms. The Bertz CT molecular complexity index is 1240. The highest BCUT2D eigenvalue weighted by Gasteiger charge is 2.05. The standard InChI is InChI=1S/C26H28N4O2.3ClH/c1-30-24-6-2-7-25(23(24)10-11-26(30)31)32-16-4-14-28-19-21-12-15-29-22(17-21)9-8-20-5-3-13-27-18-20;;;/h2-3,5-7,10-13,15,17-18,28H,4,8-9,14,16,19H2,1H3;3*1H. The second kappa shape index (κ2) is 15.4. The molecule has 3 aromatic heterocycles. The van der Waals surface area contributed by atoms with E-state index in [0.29, 0.717) is 6.61 Å². The molecule has 1 N–H and O–H groups in total. The Labute approximate surface area is 224 Å². The maximum absolute atomic E-state index is 11.8. The molecule has 35 heavy (non-hydrogen) atoms. The third-order valence-corrected chi connectivity index (χ3v) is 5.49. The summed E-state index contributed by atoms with van der Waals surface area (Å²) in [4.78, 5) is 20.5. The number of hydrogen-bond acceptors (Lipinski definition) is 5. The summed E-state index contributed by atoms with van der Waals surface area (Å²) in [6.07, 6.45) is 8.33. The maximum Gasteiger partial charge on any atom is 0.250 e. The molecule has 4 aromatic rings. The summed E-state index contributed by atoms with van der Waals surface area (Å²) in [6.45, 7) is 2.27. The molecule has 0 saturated heterocycles. The molecule has 4 rings (SSSR count). The molecule has 0 aliphatic rings. The van der Waals surface area contributed by atoms with Crippen molar-refractivity contribution in [2.45, 2.75) is 25.8 Å². The molecule has 0 unspecified atom stereocenters. The van der Waals surface area contributed by atoms with E-state index in [9.17, 15) is 4.79 Å². The minimum atomic E-state index is -0.0183. The summed E-state index contributed by atoms with van der Waals surface area (Å²) in [6, 6.07) is 17.5. The SMILES string of the molecule is Cl.Cl.Cl.Cn1c(=O)ccc2c(OCCCNCc3ccnc(CCc4cccnc4)c3)cccc21. The molecule has 6 nitrogen and oxygen atoms in total. The number of pyridine rings is 3. The van der Waals surface area contributed by atoms with E-state index in [2.05, 4.69) is 33.5 Å². The lowest BCUT2D eigenvalue weighted by atomic mass is 10.1. The van der Waals surface area contributed by atoms with Crippen LogP contribution in [-0.2, 0) is 26.4 Å². The van der Waals surface area contributed by atoms with Crippen molar-refractivity contribution in [1.82, 2.24) is 19.9 Å². The minimum absolute atomic E-state index is 0. The number of nitrogens with one attached hydrogen (secondary N) is 1. The number of halogens is 3. The lowest BCUT2D eigenvalue weighted by Gasteiger charge is -2.11. The first-order valence-corrected chi connectivity index (χ1v) is 11.0. The Balaban J connectivity index is 0.00000204. The van der Waals surface area contributed by atoms with Gasteiger partial charge in [0.2, 0.25) is 0 Å². The third-order valence-electron chi connectivity index (χ3n) is 5.49. The number of aromatic nitrogens is 3. The van der Waals surface area contributed by atoms with E-state index < -0.39 is 0 Å². The van der Waals surface area contributed by atoms with Gasteiger partial charge < -0.3 is 14.6 Å². The van der Waals surface area contributed by atoms with Gasteiger partial charge in [-0.3, -0.25) is 14.8 Å². The predicted octanol–water partition coefficient (Wildman–Crippen LogP) is 4.94. The van der Waals surface area contributed by atoms with Crippen molar-refractivity contribution in [1.29, 1.82) is 0 Å². The van der Waals surface area contributed by atoms with Gasteiger partial charge in [-0.05, 0) is 73.3 Å². The zero-order valence-corrected chi connectivity index (χ0v) is 22.0. The van der Waals surface area contributed by atoms with Crippen LogP contribution >= 0.6 is 37.2 Å². The molecule has 3 heterocycles. The van der Waals surface area contributed by atoms with Crippen molar-refractivity contribution in [2.24, 2.45) is 7.05 Å². The number of rotatable bonds is 10. The number of ether oxygens (including phenoxy) is 1. The topological polar surface area (TPSA) is 69.0 Å². The van der Waals surface area contributed by atoms with Crippen molar-refractivity contribution in [3.63, 3.8) is 0 Å². The van der Waals surface area contributed by atoms with Gasteiger partial charge in [-0.1, -0.05) is 12.1 Å². The van der Waals surface area contributed by atoms with E-state index in [0.717, 1.165) is 54.7 Å². The molecule has 0 bridgehead atoms. The van der Waals surface area contributed by atoms with Gasteiger partial charge in [0.1, 0.15) is 5.75 Å². The number of benzene rings is 1. The van der Waals surface area contributed by atoms with Crippen LogP contribution in [0.3, 0.4) is 0 Å². The van der Waals surface area contributed by atoms with E-state index in [-0.39, 0.29) is 42.8 Å². The fourth-order valence-corrected chi connectivity index (χ4v) is 3.71. The van der Waals surface area contributed by atoms with Gasteiger partial charge in [0.05, 0.1) is 12.1 Å². The summed E-state index contributed by atoms with van der Waals surface area (Å²) in [5.41, 5.74) is 4.42. The summed E-state index contributed by atoms with van der Waals surface area (Å²) < 4.78 is 7.63. The lowest BCUT2D eigenvalue weighted by Crippen LogP contribution is -2.17. The van der Waals surface area contributed by atoms with Crippen LogP contribution in [0.25, 0.3) is 10.9 Å². The van der Waals surface area contributed by atoms with E-state index >= 15 is 0 Å². The summed E-state index contributed by atoms with van der Waals surface area (Å²) in [5, 5.41) is 4.44. The molecule has 0 amide bonds. The van der Waals surface area contributed by atoms with Crippen LogP contribution in [0.5, 0.6) is 5.75 Å². The number of hydrogen-bond donors (Lipinski definition) is 1. The average Bonchev–Trinajstić information content (AvgIpc) is 2.83. The minimum Gasteiger partial charge on any atom is -0.493 e. The third kappa shape index (κ3) is 8.51. The van der Waals surface area contributed by atoms with Gasteiger partial charge in [-0.2, -0.15) is 0 Å². The van der Waals surface area contributed by atoms with Gasteiger partial charge in [0.15, 0.2) is 0 Å². The Hall–Kier alpha value is -2.64. The molecule has 1 aromatic carbocycles. The first-order chi connectivity index (χ1) is 15.7. The number of aryl methyl sites for hydroxylation is 3. The van der Waals surface area contributed by atoms with Crippen LogP contribution in [-0.4, -0.2) is 27.7 Å². The van der Waals surface area contributed by atoms with Crippen LogP contribution in [0.2, 0.25) is 0 Å². The second-order valence-corrected chi connectivity index (χ2v) is 7.82. The van der Waals surface area contributed by atoms with Gasteiger partial charge >= 0.3 is 0 Å². The van der Waals surface area contributed by atoms with Crippen molar-refractivity contribution >= 4 is 48.1 Å². The van der Waals surface area contributed by atoms with E-state index in [1.165, 1.54) is 11.1 Å². The molecule has 188 valence electrons. The average molecular weight is 538 g/mol. The largest absolute Gasteiger partial charge is 0.493 e. The van der Waals surface area contributed by atoms with Crippen LogP contribution in [0.15, 0.2) is 78.0 Å². The second-order valence-electron chi connectivity index (χ2n) is 7.82. The molecule has 0 saturated carbocycles. The molecule has 0 fully saturated rings. The van der Waals surface area contributed by atoms with Crippen LogP contribution in [0.4, 0.5) is 0 Å². The lowest BCUT2D eigenvalue weighted by molar-refractivity contribution is 0.311. The first kappa shape index (κ1) is 30.4. The normalized spacial score (nSPS) is 10.1. The fourth-order valence-electron chi connectivity index (χ4n) is 3.71. The van der Waals surface area contributed by atoms with Crippen molar-refractivity contribution in [2.75, 3.05) is 13.2 Å². The highest BCUT2D eigenvalue weighted by Crippen LogP contribution is 2.24. The zero-order valence-electron chi connectivity index (χ0n) is 19.6. The zero-order chi connectivity index (χ0) is 22.2. The van der Waals surface area contributed by atoms with Crippen molar-refractivity contribution in [3.05, 3.63) is 100 Å². The molecule has 0 atom stereocenters. The number of nitrogens with zero attached hydrogens (tertiary/aromatic N) is 3. The van der Waals surface area contributed by atoms with Gasteiger partial charge in [-0.25, -0.2) is 0 Å². The first-order valence-electron chi connectivity index (χ1n) is 11.0. The van der Waals surface area contributed by atoms with Gasteiger partial charge in [0.25, 0.3) is 5.56 Å². The summed E-state index contributed by atoms with van der Waals surface area (Å²) in [5.74, 6) is 0.811. The Kier molecular flexibility index (Phi) is 13.3. The Morgan fingerprint density at radius 3 is 2.60 bits per heavy atom. The van der Waals surface area contributed by atoms with E-state index in [1.54, 1.807) is 23.9 Å². The van der Waals surface area contributed by atoms with E-state index in [1.807, 2.05) is 42.7 Å². The Morgan fingerprint density at radius 1 is 0.943 bits per heavy atom. The quantitative estimate of drug-likeness (QED) is 0.290. The van der Waals surface area contributed by atoms with E-state index in [4.69, 9.17) is 4.74 Å². The van der Waals surface area contributed by atoms with Crippen molar-refractivity contribution in [3.8, 4) is 5.75 Å². The molecular weight excluding hydrogens is 507 g/mol. The highest BCUT2D eigenvalue weighted by atomic mass is 35.5. The Morgan fingerprint density at radius 2 is 1.80 bits per heavy atom. The maximum atomic E-state index is 11.8. The molecule has 9 heteroatoms. The highest BCUT2D eigenvalue weighted by molar-refractivity contribution is 5.86. The van der Waals surface area contributed by atoms with Gasteiger partial charge in [0, 0.05) is 49.3 Å². The monoisotopic (exact) mass is 536 g/mol. The predicted molar refractivity (Wildman–Crippen MR) is 149 cm³/mol. The van der Waals surface area contributed by atoms with Crippen LogP contribution in [0, 0.1) is 0 Å². The number of fused-ring (bicyclic) bond motifs is 1. The van der Waals surface area contributed by atoms with Crippen LogP contribution in [0.1, 0.15) is 23.2 Å². The van der Waals surface area contributed by atoms with Crippen LogP contribution < -0.4 is 15.6 Å². The van der Waals surface area contributed by atoms with Crippen molar-refractivity contribution < 1.29 is 4.74 Å². The van der Waals surface area contributed by atoms with Gasteiger partial charge in [-0.15, -0.1) is 37.2 Å². The summed E-state index contributed by atoms with van der Waals surface area (Å²) in [7, 11) is 1.78. The molecular formula is C26H31Cl3N4O2. The molecule has 0 aliphatic carbocycles.